The third-order valence-corrected chi connectivity index (χ3v) is 5.76. The largest absolute Gasteiger partial charge is 0.494 e. The Morgan fingerprint density at radius 1 is 1.31 bits per heavy atom. The molecular weight excluding hydrogens is 416 g/mol. The van der Waals surface area contributed by atoms with Gasteiger partial charge >= 0.3 is 0 Å². The number of anilines is 1. The molecule has 1 N–H and O–H groups in total. The van der Waals surface area contributed by atoms with Crippen LogP contribution in [0, 0.1) is 0 Å². The molecule has 3 aromatic rings. The fourth-order valence-electron chi connectivity index (χ4n) is 2.49. The Kier molecular flexibility index (Phi) is 6.49. The number of nitrogens with one attached hydrogen (secondary N) is 1. The van der Waals surface area contributed by atoms with E-state index in [9.17, 15) is 13.2 Å². The van der Waals surface area contributed by atoms with Crippen molar-refractivity contribution in [2.24, 2.45) is 0 Å². The van der Waals surface area contributed by atoms with Crippen molar-refractivity contribution in [3.8, 4) is 16.5 Å². The van der Waals surface area contributed by atoms with Gasteiger partial charge in [-0.3, -0.25) is 9.10 Å². The van der Waals surface area contributed by atoms with Gasteiger partial charge in [0.25, 0.3) is 0 Å². The number of benzene rings is 1. The second-order valence-corrected chi connectivity index (χ2v) is 8.82. The number of amides is 1. The fourth-order valence-corrected chi connectivity index (χ4v) is 3.99. The van der Waals surface area contributed by atoms with E-state index in [-0.39, 0.29) is 19.0 Å². The SMILES string of the molecule is CCOc1cccc(N(CC(=O)NCc2nc(-c3cccs3)no2)S(C)(=O)=O)c1. The molecule has 3 rings (SSSR count). The van der Waals surface area contributed by atoms with Crippen LogP contribution in [0.1, 0.15) is 12.8 Å². The summed E-state index contributed by atoms with van der Waals surface area (Å²) in [6.07, 6.45) is 1.04. The van der Waals surface area contributed by atoms with Gasteiger partial charge in [-0.1, -0.05) is 17.3 Å². The first-order valence-corrected chi connectivity index (χ1v) is 11.4. The van der Waals surface area contributed by atoms with E-state index in [4.69, 9.17) is 9.26 Å². The lowest BCUT2D eigenvalue weighted by Gasteiger charge is -2.22. The highest BCUT2D eigenvalue weighted by Crippen LogP contribution is 2.23. The Balaban J connectivity index is 1.66. The molecule has 0 saturated heterocycles. The highest BCUT2D eigenvalue weighted by molar-refractivity contribution is 7.92. The van der Waals surface area contributed by atoms with Crippen LogP contribution in [-0.4, -0.2) is 43.9 Å². The first-order valence-electron chi connectivity index (χ1n) is 8.70. The van der Waals surface area contributed by atoms with Crippen molar-refractivity contribution in [2.75, 3.05) is 23.7 Å². The predicted molar refractivity (Wildman–Crippen MR) is 109 cm³/mol. The molecule has 1 amide bonds. The summed E-state index contributed by atoms with van der Waals surface area (Å²) in [5.74, 6) is 0.680. The van der Waals surface area contributed by atoms with E-state index < -0.39 is 15.9 Å². The normalized spacial score (nSPS) is 11.2. The van der Waals surface area contributed by atoms with Crippen molar-refractivity contribution in [3.63, 3.8) is 0 Å². The van der Waals surface area contributed by atoms with Gasteiger partial charge in [0.15, 0.2) is 0 Å². The van der Waals surface area contributed by atoms with Crippen molar-refractivity contribution in [1.29, 1.82) is 0 Å². The number of hydrogen-bond acceptors (Lipinski definition) is 8. The molecule has 0 aliphatic rings. The molecule has 0 aliphatic carbocycles. The molecule has 154 valence electrons. The molecule has 0 unspecified atom stereocenters. The second kappa shape index (κ2) is 9.05. The van der Waals surface area contributed by atoms with Crippen LogP contribution < -0.4 is 14.4 Å². The molecule has 2 aromatic heterocycles. The maximum absolute atomic E-state index is 12.4. The Labute approximate surface area is 172 Å². The number of sulfonamides is 1. The maximum atomic E-state index is 12.4. The molecule has 29 heavy (non-hydrogen) atoms. The summed E-state index contributed by atoms with van der Waals surface area (Å²) in [4.78, 5) is 17.4. The van der Waals surface area contributed by atoms with Crippen molar-refractivity contribution in [2.45, 2.75) is 13.5 Å². The molecule has 0 aliphatic heterocycles. The average Bonchev–Trinajstić information content (AvgIpc) is 3.35. The number of rotatable bonds is 9. The van der Waals surface area contributed by atoms with Crippen LogP contribution in [0.2, 0.25) is 0 Å². The highest BCUT2D eigenvalue weighted by Gasteiger charge is 2.21. The van der Waals surface area contributed by atoms with E-state index in [1.807, 2.05) is 24.4 Å². The zero-order chi connectivity index (χ0) is 20.9. The minimum absolute atomic E-state index is 0.00615. The van der Waals surface area contributed by atoms with Gasteiger partial charge in [-0.25, -0.2) is 8.42 Å². The first kappa shape index (κ1) is 20.8. The molecule has 0 saturated carbocycles. The topological polar surface area (TPSA) is 115 Å². The number of hydrogen-bond donors (Lipinski definition) is 1. The van der Waals surface area contributed by atoms with Crippen molar-refractivity contribution in [3.05, 3.63) is 47.7 Å². The molecule has 9 nitrogen and oxygen atoms in total. The van der Waals surface area contributed by atoms with Gasteiger partial charge in [-0.05, 0) is 30.5 Å². The van der Waals surface area contributed by atoms with Crippen LogP contribution in [0.5, 0.6) is 5.75 Å². The van der Waals surface area contributed by atoms with Crippen LogP contribution in [0.15, 0.2) is 46.3 Å². The van der Waals surface area contributed by atoms with Crippen LogP contribution >= 0.6 is 11.3 Å². The lowest BCUT2D eigenvalue weighted by Crippen LogP contribution is -2.40. The Bertz CT molecular complexity index is 1060. The number of thiophene rings is 1. The number of carbonyl (C=O) groups is 1. The number of carbonyl (C=O) groups excluding carboxylic acids is 1. The maximum Gasteiger partial charge on any atom is 0.246 e. The summed E-state index contributed by atoms with van der Waals surface area (Å²) >= 11 is 1.47. The lowest BCUT2D eigenvalue weighted by molar-refractivity contribution is -0.119. The molecule has 0 atom stereocenters. The molecule has 0 radical (unpaired) electrons. The van der Waals surface area contributed by atoms with Gasteiger partial charge in [0.1, 0.15) is 12.3 Å². The smallest absolute Gasteiger partial charge is 0.246 e. The van der Waals surface area contributed by atoms with E-state index >= 15 is 0 Å². The third kappa shape index (κ3) is 5.55. The van der Waals surface area contributed by atoms with E-state index in [0.717, 1.165) is 15.4 Å². The zero-order valence-corrected chi connectivity index (χ0v) is 17.5. The summed E-state index contributed by atoms with van der Waals surface area (Å²) in [7, 11) is -3.69. The lowest BCUT2D eigenvalue weighted by atomic mass is 10.3. The second-order valence-electron chi connectivity index (χ2n) is 5.97. The fraction of sp³-hybridized carbons (Fsp3) is 0.278. The Hall–Kier alpha value is -2.92. The van der Waals surface area contributed by atoms with Crippen molar-refractivity contribution >= 4 is 33.0 Å². The molecule has 1 aromatic carbocycles. The molecule has 0 spiro atoms. The number of aromatic nitrogens is 2. The van der Waals surface area contributed by atoms with Gasteiger partial charge in [0, 0.05) is 6.07 Å². The summed E-state index contributed by atoms with van der Waals surface area (Å²) in [5, 5.41) is 8.36. The number of nitrogens with zero attached hydrogens (tertiary/aromatic N) is 3. The van der Waals surface area contributed by atoms with Crippen LogP contribution in [0.25, 0.3) is 10.7 Å². The summed E-state index contributed by atoms with van der Waals surface area (Å²) in [6, 6.07) is 10.3. The number of ether oxygens (including phenoxy) is 1. The van der Waals surface area contributed by atoms with E-state index in [2.05, 4.69) is 15.5 Å². The third-order valence-electron chi connectivity index (χ3n) is 3.75. The minimum Gasteiger partial charge on any atom is -0.494 e. The Morgan fingerprint density at radius 3 is 2.83 bits per heavy atom. The zero-order valence-electron chi connectivity index (χ0n) is 15.9. The summed E-state index contributed by atoms with van der Waals surface area (Å²) in [6.45, 7) is 1.88. The standard InChI is InChI=1S/C18H20N4O5S2/c1-3-26-14-7-4-6-13(10-14)22(29(2,24)25)12-16(23)19-11-17-20-18(21-27-17)15-8-5-9-28-15/h4-10H,3,11-12H2,1-2H3,(H,19,23). The molecule has 0 bridgehead atoms. The van der Waals surface area contributed by atoms with Crippen molar-refractivity contribution < 1.29 is 22.5 Å². The van der Waals surface area contributed by atoms with Gasteiger partial charge in [-0.15, -0.1) is 11.3 Å². The quantitative estimate of drug-likeness (QED) is 0.547. The van der Waals surface area contributed by atoms with Gasteiger partial charge in [-0.2, -0.15) is 4.98 Å². The van der Waals surface area contributed by atoms with Crippen LogP contribution in [-0.2, 0) is 21.4 Å². The molecule has 2 heterocycles. The van der Waals surface area contributed by atoms with E-state index in [1.54, 1.807) is 24.3 Å². The van der Waals surface area contributed by atoms with Gasteiger partial charge in [0.05, 0.1) is 30.0 Å². The molecule has 0 fully saturated rings. The molecular formula is C18H20N4O5S2. The van der Waals surface area contributed by atoms with E-state index in [1.165, 1.54) is 11.3 Å². The van der Waals surface area contributed by atoms with E-state index in [0.29, 0.717) is 23.9 Å². The van der Waals surface area contributed by atoms with Crippen LogP contribution in [0.4, 0.5) is 5.69 Å². The first-order chi connectivity index (χ1) is 13.9. The Morgan fingerprint density at radius 2 is 2.14 bits per heavy atom. The predicted octanol–water partition coefficient (Wildman–Crippen LogP) is 2.28. The minimum atomic E-state index is -3.69. The van der Waals surface area contributed by atoms with Crippen LogP contribution in [0.3, 0.4) is 0 Å². The monoisotopic (exact) mass is 436 g/mol. The van der Waals surface area contributed by atoms with Crippen molar-refractivity contribution in [1.82, 2.24) is 15.5 Å². The summed E-state index contributed by atoms with van der Waals surface area (Å²) in [5.41, 5.74) is 0.339. The highest BCUT2D eigenvalue weighted by atomic mass is 32.2. The average molecular weight is 437 g/mol. The summed E-state index contributed by atoms with van der Waals surface area (Å²) < 4.78 is 36.0. The van der Waals surface area contributed by atoms with Gasteiger partial charge < -0.3 is 14.6 Å². The molecule has 11 heteroatoms. The van der Waals surface area contributed by atoms with Gasteiger partial charge in [0.2, 0.25) is 27.6 Å².